The van der Waals surface area contributed by atoms with E-state index in [4.69, 9.17) is 4.74 Å². The molecule has 0 aliphatic rings. The van der Waals surface area contributed by atoms with Crippen molar-refractivity contribution in [2.75, 3.05) is 6.61 Å². The Morgan fingerprint density at radius 2 is 1.78 bits per heavy atom. The summed E-state index contributed by atoms with van der Waals surface area (Å²) in [4.78, 5) is 12.3. The first-order valence-corrected chi connectivity index (χ1v) is 6.05. The quantitative estimate of drug-likeness (QED) is 0.763. The summed E-state index contributed by atoms with van der Waals surface area (Å²) in [5.41, 5.74) is 2.51. The molecule has 0 atom stereocenters. The van der Waals surface area contributed by atoms with Gasteiger partial charge in [-0.15, -0.1) is 0 Å². The fraction of sp³-hybridized carbons (Fsp3) is 0.188. The van der Waals surface area contributed by atoms with Crippen LogP contribution in [0.2, 0.25) is 0 Å². The average molecular weight is 240 g/mol. The lowest BCUT2D eigenvalue weighted by atomic mass is 10.0. The van der Waals surface area contributed by atoms with E-state index >= 15 is 0 Å². The Morgan fingerprint density at radius 1 is 1.06 bits per heavy atom. The van der Waals surface area contributed by atoms with Crippen molar-refractivity contribution >= 4 is 5.78 Å². The number of hydrogen-bond donors (Lipinski definition) is 0. The molecule has 0 unspecified atom stereocenters. The highest BCUT2D eigenvalue weighted by Crippen LogP contribution is 2.17. The van der Waals surface area contributed by atoms with Crippen LogP contribution >= 0.6 is 0 Å². The second-order valence-electron chi connectivity index (χ2n) is 4.16. The molecular formula is C16H16O2. The van der Waals surface area contributed by atoms with E-state index in [1.165, 1.54) is 0 Å². The molecule has 0 aliphatic heterocycles. The molecular weight excluding hydrogens is 224 g/mol. The van der Waals surface area contributed by atoms with Crippen LogP contribution < -0.4 is 4.74 Å². The van der Waals surface area contributed by atoms with Crippen LogP contribution in [0.1, 0.15) is 28.4 Å². The Hall–Kier alpha value is -2.09. The zero-order valence-corrected chi connectivity index (χ0v) is 10.6. The lowest BCUT2D eigenvalue weighted by Crippen LogP contribution is -2.02. The van der Waals surface area contributed by atoms with Gasteiger partial charge in [-0.3, -0.25) is 4.79 Å². The normalized spacial score (nSPS) is 10.1. The van der Waals surface area contributed by atoms with E-state index in [9.17, 15) is 4.79 Å². The number of ketones is 1. The van der Waals surface area contributed by atoms with Crippen molar-refractivity contribution in [3.63, 3.8) is 0 Å². The molecule has 2 nitrogen and oxygen atoms in total. The highest BCUT2D eigenvalue weighted by atomic mass is 16.5. The number of benzene rings is 2. The van der Waals surface area contributed by atoms with Gasteiger partial charge in [0.15, 0.2) is 5.78 Å². The number of carbonyl (C=O) groups is 1. The molecule has 0 saturated carbocycles. The summed E-state index contributed by atoms with van der Waals surface area (Å²) in [7, 11) is 0. The molecule has 2 aromatic carbocycles. The van der Waals surface area contributed by atoms with Crippen molar-refractivity contribution in [1.82, 2.24) is 0 Å². The number of aryl methyl sites for hydroxylation is 1. The van der Waals surface area contributed by atoms with Crippen molar-refractivity contribution < 1.29 is 9.53 Å². The molecule has 2 aromatic rings. The van der Waals surface area contributed by atoms with E-state index < -0.39 is 0 Å². The van der Waals surface area contributed by atoms with Crippen molar-refractivity contribution in [1.29, 1.82) is 0 Å². The summed E-state index contributed by atoms with van der Waals surface area (Å²) in [6, 6.07) is 14.9. The van der Waals surface area contributed by atoms with E-state index in [0.29, 0.717) is 17.7 Å². The number of ether oxygens (including phenoxy) is 1. The van der Waals surface area contributed by atoms with Gasteiger partial charge in [0.05, 0.1) is 6.61 Å². The first kappa shape index (κ1) is 12.4. The zero-order valence-electron chi connectivity index (χ0n) is 10.6. The summed E-state index contributed by atoms with van der Waals surface area (Å²) in [5, 5.41) is 0. The molecule has 0 saturated heterocycles. The summed E-state index contributed by atoms with van der Waals surface area (Å²) < 4.78 is 5.40. The lowest BCUT2D eigenvalue weighted by Gasteiger charge is -2.05. The van der Waals surface area contributed by atoms with Crippen molar-refractivity contribution in [2.24, 2.45) is 0 Å². The van der Waals surface area contributed by atoms with Gasteiger partial charge in [0.1, 0.15) is 5.75 Å². The highest BCUT2D eigenvalue weighted by Gasteiger charge is 2.09. The Bertz CT molecular complexity index is 541. The summed E-state index contributed by atoms with van der Waals surface area (Å²) >= 11 is 0. The molecule has 18 heavy (non-hydrogen) atoms. The molecule has 2 rings (SSSR count). The average Bonchev–Trinajstić information content (AvgIpc) is 2.39. The van der Waals surface area contributed by atoms with Gasteiger partial charge in [-0.1, -0.05) is 42.0 Å². The van der Waals surface area contributed by atoms with Gasteiger partial charge in [0.2, 0.25) is 0 Å². The van der Waals surface area contributed by atoms with E-state index in [2.05, 4.69) is 0 Å². The third kappa shape index (κ3) is 2.77. The van der Waals surface area contributed by atoms with Gasteiger partial charge in [-0.25, -0.2) is 0 Å². The monoisotopic (exact) mass is 240 g/mol. The third-order valence-corrected chi connectivity index (χ3v) is 2.72. The van der Waals surface area contributed by atoms with Gasteiger partial charge in [-0.2, -0.15) is 0 Å². The van der Waals surface area contributed by atoms with Gasteiger partial charge in [0, 0.05) is 11.1 Å². The summed E-state index contributed by atoms with van der Waals surface area (Å²) in [6.45, 7) is 4.53. The first-order chi connectivity index (χ1) is 8.70. The molecule has 0 spiro atoms. The molecule has 0 amide bonds. The van der Waals surface area contributed by atoms with Crippen LogP contribution in [-0.4, -0.2) is 12.4 Å². The van der Waals surface area contributed by atoms with Crippen LogP contribution in [0.5, 0.6) is 5.75 Å². The van der Waals surface area contributed by atoms with Crippen LogP contribution in [0.25, 0.3) is 0 Å². The Balaban J connectivity index is 2.28. The minimum atomic E-state index is 0.0246. The maximum atomic E-state index is 12.3. The van der Waals surface area contributed by atoms with Gasteiger partial charge in [0.25, 0.3) is 0 Å². The molecule has 0 fully saturated rings. The largest absolute Gasteiger partial charge is 0.494 e. The molecule has 92 valence electrons. The fourth-order valence-electron chi connectivity index (χ4n) is 1.77. The molecule has 0 heterocycles. The maximum absolute atomic E-state index is 12.3. The second-order valence-corrected chi connectivity index (χ2v) is 4.16. The van der Waals surface area contributed by atoms with Gasteiger partial charge >= 0.3 is 0 Å². The molecule has 0 N–H and O–H groups in total. The fourth-order valence-corrected chi connectivity index (χ4v) is 1.77. The summed E-state index contributed by atoms with van der Waals surface area (Å²) in [5.74, 6) is 0.756. The van der Waals surface area contributed by atoms with E-state index in [-0.39, 0.29) is 5.78 Å². The molecule has 0 aromatic heterocycles. The van der Waals surface area contributed by atoms with Gasteiger partial charge < -0.3 is 4.74 Å². The first-order valence-electron chi connectivity index (χ1n) is 6.05. The Labute approximate surface area is 107 Å². The van der Waals surface area contributed by atoms with E-state index in [0.717, 1.165) is 11.3 Å². The van der Waals surface area contributed by atoms with Crippen LogP contribution in [0, 0.1) is 6.92 Å². The minimum Gasteiger partial charge on any atom is -0.494 e. The smallest absolute Gasteiger partial charge is 0.193 e. The summed E-state index contributed by atoms with van der Waals surface area (Å²) in [6.07, 6.45) is 0. The second kappa shape index (κ2) is 5.50. The molecule has 0 bridgehead atoms. The van der Waals surface area contributed by atoms with Crippen LogP contribution in [0.15, 0.2) is 48.5 Å². The topological polar surface area (TPSA) is 26.3 Å². The highest BCUT2D eigenvalue weighted by molar-refractivity contribution is 6.09. The minimum absolute atomic E-state index is 0.0246. The lowest BCUT2D eigenvalue weighted by molar-refractivity contribution is 0.103. The molecule has 0 aliphatic carbocycles. The standard InChI is InChI=1S/C16H16O2/c1-3-18-15-6-4-5-14(11-15)16(17)13-9-7-12(2)8-10-13/h4-11H,3H2,1-2H3. The zero-order chi connectivity index (χ0) is 13.0. The molecule has 2 heteroatoms. The third-order valence-electron chi connectivity index (χ3n) is 2.72. The number of carbonyl (C=O) groups excluding carboxylic acids is 1. The van der Waals surface area contributed by atoms with Gasteiger partial charge in [-0.05, 0) is 26.0 Å². The SMILES string of the molecule is CCOc1cccc(C(=O)c2ccc(C)cc2)c1. The maximum Gasteiger partial charge on any atom is 0.193 e. The van der Waals surface area contributed by atoms with Crippen LogP contribution in [-0.2, 0) is 0 Å². The molecule has 0 radical (unpaired) electrons. The van der Waals surface area contributed by atoms with Crippen molar-refractivity contribution in [3.05, 3.63) is 65.2 Å². The van der Waals surface area contributed by atoms with E-state index in [1.807, 2.05) is 56.3 Å². The van der Waals surface area contributed by atoms with Crippen molar-refractivity contribution in [2.45, 2.75) is 13.8 Å². The van der Waals surface area contributed by atoms with Crippen LogP contribution in [0.4, 0.5) is 0 Å². The van der Waals surface area contributed by atoms with E-state index in [1.54, 1.807) is 6.07 Å². The Kier molecular flexibility index (Phi) is 3.78. The van der Waals surface area contributed by atoms with Crippen molar-refractivity contribution in [3.8, 4) is 5.75 Å². The number of rotatable bonds is 4. The number of hydrogen-bond acceptors (Lipinski definition) is 2. The predicted molar refractivity (Wildman–Crippen MR) is 72.2 cm³/mol. The Morgan fingerprint density at radius 3 is 2.44 bits per heavy atom. The van der Waals surface area contributed by atoms with Crippen LogP contribution in [0.3, 0.4) is 0 Å². The predicted octanol–water partition coefficient (Wildman–Crippen LogP) is 3.62.